The van der Waals surface area contributed by atoms with Gasteiger partial charge in [0.2, 0.25) is 0 Å². The third kappa shape index (κ3) is 4.53. The van der Waals surface area contributed by atoms with Crippen LogP contribution in [0.15, 0.2) is 48.5 Å². The lowest BCUT2D eigenvalue weighted by Crippen LogP contribution is -2.34. The number of carbonyl (C=O) groups is 1. The molecule has 2 aromatic rings. The van der Waals surface area contributed by atoms with Gasteiger partial charge in [0.15, 0.2) is 18.1 Å². The first-order valence-corrected chi connectivity index (χ1v) is 8.99. The van der Waals surface area contributed by atoms with Crippen LogP contribution < -0.4 is 14.8 Å². The zero-order valence-electron chi connectivity index (χ0n) is 14.7. The van der Waals surface area contributed by atoms with E-state index in [1.807, 2.05) is 30.3 Å². The van der Waals surface area contributed by atoms with Crippen molar-refractivity contribution >= 4 is 5.91 Å². The molecule has 1 atom stereocenters. The summed E-state index contributed by atoms with van der Waals surface area (Å²) < 4.78 is 11.3. The van der Waals surface area contributed by atoms with Crippen LogP contribution in [-0.4, -0.2) is 19.1 Å². The molecule has 0 radical (unpaired) electrons. The van der Waals surface area contributed by atoms with Crippen molar-refractivity contribution in [3.8, 4) is 11.5 Å². The summed E-state index contributed by atoms with van der Waals surface area (Å²) in [6, 6.07) is 15.9. The van der Waals surface area contributed by atoms with E-state index in [-0.39, 0.29) is 18.6 Å². The van der Waals surface area contributed by atoms with Gasteiger partial charge in [-0.2, -0.15) is 0 Å². The summed E-state index contributed by atoms with van der Waals surface area (Å²) in [6.45, 7) is 2.68. The summed E-state index contributed by atoms with van der Waals surface area (Å²) >= 11 is 0. The Hall–Kier alpha value is -2.49. The number of aryl methyl sites for hydroxylation is 1. The van der Waals surface area contributed by atoms with Gasteiger partial charge in [0, 0.05) is 0 Å². The average Bonchev–Trinajstić information content (AvgIpc) is 2.65. The third-order valence-corrected chi connectivity index (χ3v) is 4.37. The van der Waals surface area contributed by atoms with Crippen LogP contribution in [-0.2, 0) is 11.2 Å². The maximum Gasteiger partial charge on any atom is 0.258 e. The molecule has 1 N–H and O–H groups in total. The fourth-order valence-corrected chi connectivity index (χ4v) is 3.18. The number of hydrogen-bond donors (Lipinski definition) is 1. The number of amides is 1. The van der Waals surface area contributed by atoms with E-state index >= 15 is 0 Å². The number of carbonyl (C=O) groups excluding carboxylic acids is 1. The summed E-state index contributed by atoms with van der Waals surface area (Å²) in [4.78, 5) is 12.3. The molecule has 0 fully saturated rings. The highest BCUT2D eigenvalue weighted by atomic mass is 16.5. The van der Waals surface area contributed by atoms with E-state index in [1.54, 1.807) is 0 Å². The summed E-state index contributed by atoms with van der Waals surface area (Å²) in [5, 5.41) is 3.10. The van der Waals surface area contributed by atoms with Crippen molar-refractivity contribution in [2.24, 2.45) is 0 Å². The Balaban J connectivity index is 1.58. The van der Waals surface area contributed by atoms with E-state index in [1.165, 1.54) is 11.1 Å². The molecule has 0 saturated carbocycles. The predicted molar refractivity (Wildman–Crippen MR) is 98.0 cm³/mol. The van der Waals surface area contributed by atoms with Gasteiger partial charge in [-0.3, -0.25) is 4.79 Å². The second-order valence-electron chi connectivity index (χ2n) is 6.30. The van der Waals surface area contributed by atoms with E-state index in [0.29, 0.717) is 18.1 Å². The fraction of sp³-hybridized carbons (Fsp3) is 0.381. The van der Waals surface area contributed by atoms with Gasteiger partial charge < -0.3 is 14.8 Å². The zero-order chi connectivity index (χ0) is 17.5. The third-order valence-electron chi connectivity index (χ3n) is 4.37. The van der Waals surface area contributed by atoms with Crippen molar-refractivity contribution in [1.29, 1.82) is 0 Å². The molecule has 0 bridgehead atoms. The molecule has 25 heavy (non-hydrogen) atoms. The highest BCUT2D eigenvalue weighted by molar-refractivity contribution is 5.78. The van der Waals surface area contributed by atoms with E-state index in [2.05, 4.69) is 30.4 Å². The van der Waals surface area contributed by atoms with Crippen molar-refractivity contribution in [3.05, 3.63) is 59.7 Å². The number of rotatable bonds is 7. The van der Waals surface area contributed by atoms with Crippen LogP contribution in [0.3, 0.4) is 0 Å². The van der Waals surface area contributed by atoms with Crippen LogP contribution in [0.1, 0.15) is 43.4 Å². The minimum atomic E-state index is -0.105. The van der Waals surface area contributed by atoms with Crippen LogP contribution in [0.2, 0.25) is 0 Å². The molecule has 0 heterocycles. The largest absolute Gasteiger partial charge is 0.490 e. The van der Waals surface area contributed by atoms with Gasteiger partial charge in [-0.15, -0.1) is 0 Å². The van der Waals surface area contributed by atoms with Gasteiger partial charge in [-0.25, -0.2) is 0 Å². The molecule has 132 valence electrons. The first-order chi connectivity index (χ1) is 12.3. The maximum atomic E-state index is 12.3. The van der Waals surface area contributed by atoms with E-state index < -0.39 is 0 Å². The van der Waals surface area contributed by atoms with E-state index in [0.717, 1.165) is 25.7 Å². The SMILES string of the molecule is CCCOc1ccccc1OCC(=O)N[C@H]1CCCc2ccccc21. The Labute approximate surface area is 149 Å². The lowest BCUT2D eigenvalue weighted by atomic mass is 9.88. The summed E-state index contributed by atoms with van der Waals surface area (Å²) in [5.41, 5.74) is 2.56. The van der Waals surface area contributed by atoms with Gasteiger partial charge in [-0.05, 0) is 48.9 Å². The van der Waals surface area contributed by atoms with Gasteiger partial charge in [0.25, 0.3) is 5.91 Å². The summed E-state index contributed by atoms with van der Waals surface area (Å²) in [5.74, 6) is 1.18. The molecule has 2 aromatic carbocycles. The molecule has 0 aliphatic heterocycles. The molecule has 1 aliphatic rings. The van der Waals surface area contributed by atoms with E-state index in [4.69, 9.17) is 9.47 Å². The second-order valence-corrected chi connectivity index (χ2v) is 6.30. The minimum absolute atomic E-state index is 0.00876. The summed E-state index contributed by atoms with van der Waals surface area (Å²) in [6.07, 6.45) is 4.08. The Bertz CT molecular complexity index is 714. The Morgan fingerprint density at radius 3 is 2.60 bits per heavy atom. The quantitative estimate of drug-likeness (QED) is 0.828. The summed E-state index contributed by atoms with van der Waals surface area (Å²) in [7, 11) is 0. The molecule has 4 heteroatoms. The highest BCUT2D eigenvalue weighted by Crippen LogP contribution is 2.30. The highest BCUT2D eigenvalue weighted by Gasteiger charge is 2.21. The number of nitrogens with one attached hydrogen (secondary N) is 1. The molecule has 0 unspecified atom stereocenters. The number of fused-ring (bicyclic) bond motifs is 1. The number of para-hydroxylation sites is 2. The lowest BCUT2D eigenvalue weighted by Gasteiger charge is -2.26. The first kappa shape index (κ1) is 17.3. The van der Waals surface area contributed by atoms with Crippen molar-refractivity contribution in [2.75, 3.05) is 13.2 Å². The molecule has 0 saturated heterocycles. The van der Waals surface area contributed by atoms with Crippen LogP contribution in [0.4, 0.5) is 0 Å². The maximum absolute atomic E-state index is 12.3. The smallest absolute Gasteiger partial charge is 0.258 e. The average molecular weight is 339 g/mol. The van der Waals surface area contributed by atoms with Gasteiger partial charge in [0.1, 0.15) is 0 Å². The van der Waals surface area contributed by atoms with Crippen molar-refractivity contribution in [2.45, 2.75) is 38.6 Å². The van der Waals surface area contributed by atoms with Crippen LogP contribution in [0.5, 0.6) is 11.5 Å². The molecular weight excluding hydrogens is 314 g/mol. The second kappa shape index (κ2) is 8.56. The van der Waals surface area contributed by atoms with E-state index in [9.17, 15) is 4.79 Å². The molecule has 1 aliphatic carbocycles. The van der Waals surface area contributed by atoms with Gasteiger partial charge in [0.05, 0.1) is 12.6 Å². The molecular formula is C21H25NO3. The molecule has 0 aromatic heterocycles. The predicted octanol–water partition coefficient (Wildman–Crippen LogP) is 4.05. The zero-order valence-corrected chi connectivity index (χ0v) is 14.7. The Kier molecular flexibility index (Phi) is 5.94. The molecule has 3 rings (SSSR count). The minimum Gasteiger partial charge on any atom is -0.490 e. The number of benzene rings is 2. The Morgan fingerprint density at radius 1 is 1.08 bits per heavy atom. The van der Waals surface area contributed by atoms with Gasteiger partial charge in [-0.1, -0.05) is 43.3 Å². The van der Waals surface area contributed by atoms with Crippen molar-refractivity contribution in [3.63, 3.8) is 0 Å². The lowest BCUT2D eigenvalue weighted by molar-refractivity contribution is -0.124. The fourth-order valence-electron chi connectivity index (χ4n) is 3.18. The molecule has 4 nitrogen and oxygen atoms in total. The normalized spacial score (nSPS) is 16.0. The van der Waals surface area contributed by atoms with Crippen molar-refractivity contribution < 1.29 is 14.3 Å². The monoisotopic (exact) mass is 339 g/mol. The first-order valence-electron chi connectivity index (χ1n) is 8.99. The molecule has 1 amide bonds. The van der Waals surface area contributed by atoms with Crippen LogP contribution >= 0.6 is 0 Å². The van der Waals surface area contributed by atoms with Crippen LogP contribution in [0.25, 0.3) is 0 Å². The topological polar surface area (TPSA) is 47.6 Å². The van der Waals surface area contributed by atoms with Crippen molar-refractivity contribution in [1.82, 2.24) is 5.32 Å². The van der Waals surface area contributed by atoms with Crippen LogP contribution in [0, 0.1) is 0 Å². The number of ether oxygens (including phenoxy) is 2. The number of hydrogen-bond acceptors (Lipinski definition) is 3. The molecule has 0 spiro atoms. The Morgan fingerprint density at radius 2 is 1.80 bits per heavy atom. The van der Waals surface area contributed by atoms with Gasteiger partial charge >= 0.3 is 0 Å². The standard InChI is InChI=1S/C21H25NO3/c1-2-14-24-19-12-5-6-13-20(19)25-15-21(23)22-18-11-7-9-16-8-3-4-10-17(16)18/h3-6,8,10,12-13,18H,2,7,9,11,14-15H2,1H3,(H,22,23)/t18-/m0/s1.